The molecule has 1 aromatic carbocycles. The molecular weight excluding hydrogens is 300 g/mol. The van der Waals surface area contributed by atoms with E-state index in [0.29, 0.717) is 17.5 Å². The number of hydrogen-bond donors (Lipinski definition) is 0. The molecule has 1 aliphatic heterocycles. The van der Waals surface area contributed by atoms with Crippen molar-refractivity contribution in [2.24, 2.45) is 0 Å². The van der Waals surface area contributed by atoms with Gasteiger partial charge in [-0.1, -0.05) is 12.1 Å². The molecule has 3 amide bonds. The van der Waals surface area contributed by atoms with E-state index >= 15 is 0 Å². The number of hydrogen-bond acceptors (Lipinski definition) is 5. The molecule has 0 spiro atoms. The highest BCUT2D eigenvalue weighted by atomic mass is 16.5. The number of methoxy groups -OCH3 is 1. The number of ether oxygens (including phenoxy) is 1. The van der Waals surface area contributed by atoms with Crippen LogP contribution in [0.2, 0.25) is 0 Å². The molecule has 23 heavy (non-hydrogen) atoms. The van der Waals surface area contributed by atoms with Gasteiger partial charge in [0.15, 0.2) is 0 Å². The van der Waals surface area contributed by atoms with Crippen LogP contribution in [-0.2, 0) is 14.3 Å². The summed E-state index contributed by atoms with van der Waals surface area (Å²) in [6.07, 6.45) is 0.483. The Kier molecular flexibility index (Phi) is 5.10. The van der Waals surface area contributed by atoms with E-state index in [0.717, 1.165) is 4.90 Å². The summed E-state index contributed by atoms with van der Waals surface area (Å²) in [7, 11) is 2.75. The molecule has 2 rings (SSSR count). The number of carbonyl (C=O) groups excluding carboxylic acids is 4. The molecule has 0 saturated carbocycles. The van der Waals surface area contributed by atoms with Crippen molar-refractivity contribution < 1.29 is 23.9 Å². The molecule has 7 heteroatoms. The van der Waals surface area contributed by atoms with Crippen LogP contribution in [0.25, 0.3) is 0 Å². The zero-order chi connectivity index (χ0) is 17.0. The monoisotopic (exact) mass is 318 g/mol. The number of imide groups is 1. The molecule has 122 valence electrons. The van der Waals surface area contributed by atoms with Gasteiger partial charge in [-0.25, -0.2) is 0 Å². The summed E-state index contributed by atoms with van der Waals surface area (Å²) in [5, 5.41) is 0. The highest BCUT2D eigenvalue weighted by Gasteiger charge is 2.34. The van der Waals surface area contributed by atoms with E-state index in [2.05, 4.69) is 4.74 Å². The average molecular weight is 318 g/mol. The van der Waals surface area contributed by atoms with Crippen molar-refractivity contribution in [1.29, 1.82) is 0 Å². The van der Waals surface area contributed by atoms with Crippen LogP contribution in [0.1, 0.15) is 33.6 Å². The van der Waals surface area contributed by atoms with Crippen LogP contribution in [0.4, 0.5) is 0 Å². The lowest BCUT2D eigenvalue weighted by Gasteiger charge is -2.17. The first kappa shape index (κ1) is 16.7. The third-order valence-electron chi connectivity index (χ3n) is 3.67. The number of nitrogens with zero attached hydrogens (tertiary/aromatic N) is 2. The zero-order valence-electron chi connectivity index (χ0n) is 13.1. The van der Waals surface area contributed by atoms with Crippen molar-refractivity contribution in [2.45, 2.75) is 12.8 Å². The van der Waals surface area contributed by atoms with E-state index in [-0.39, 0.29) is 37.2 Å². The van der Waals surface area contributed by atoms with Crippen LogP contribution in [0.15, 0.2) is 24.3 Å². The first-order chi connectivity index (χ1) is 11.0. The van der Waals surface area contributed by atoms with Gasteiger partial charge in [-0.05, 0) is 18.6 Å². The Labute approximate surface area is 133 Å². The molecule has 1 aromatic rings. The third kappa shape index (κ3) is 3.56. The van der Waals surface area contributed by atoms with E-state index in [1.807, 2.05) is 0 Å². The maximum Gasteiger partial charge on any atom is 0.325 e. The average Bonchev–Trinajstić information content (AvgIpc) is 2.79. The van der Waals surface area contributed by atoms with Crippen molar-refractivity contribution >= 4 is 23.7 Å². The van der Waals surface area contributed by atoms with Crippen molar-refractivity contribution in [3.63, 3.8) is 0 Å². The summed E-state index contributed by atoms with van der Waals surface area (Å²) in [6.45, 7) is 0.0481. The summed E-state index contributed by atoms with van der Waals surface area (Å²) in [5.74, 6) is -1.41. The number of benzene rings is 1. The lowest BCUT2D eigenvalue weighted by Crippen LogP contribution is -2.34. The minimum absolute atomic E-state index is 0.123. The molecule has 0 unspecified atom stereocenters. The molecule has 0 fully saturated rings. The van der Waals surface area contributed by atoms with Gasteiger partial charge in [-0.3, -0.25) is 24.1 Å². The van der Waals surface area contributed by atoms with Gasteiger partial charge in [0.2, 0.25) is 5.91 Å². The molecule has 7 nitrogen and oxygen atoms in total. The van der Waals surface area contributed by atoms with Gasteiger partial charge in [0, 0.05) is 20.0 Å². The van der Waals surface area contributed by atoms with Crippen LogP contribution in [-0.4, -0.2) is 60.7 Å². The standard InChI is InChI=1S/C16H18N2O5/c1-17(10-14(20)23-2)13(19)8-5-9-18-15(21)11-6-3-4-7-12(11)16(18)22/h3-4,6-7H,5,8-10H2,1-2H3. The maximum absolute atomic E-state index is 12.1. The number of amides is 3. The minimum Gasteiger partial charge on any atom is -0.468 e. The van der Waals surface area contributed by atoms with E-state index in [9.17, 15) is 19.2 Å². The largest absolute Gasteiger partial charge is 0.468 e. The number of carbonyl (C=O) groups is 4. The fourth-order valence-electron chi connectivity index (χ4n) is 2.37. The fourth-order valence-corrected chi connectivity index (χ4v) is 2.37. The predicted molar refractivity (Wildman–Crippen MR) is 80.7 cm³/mol. The molecule has 1 heterocycles. The van der Waals surface area contributed by atoms with Gasteiger partial charge in [0.25, 0.3) is 11.8 Å². The fraction of sp³-hybridized carbons (Fsp3) is 0.375. The molecule has 0 bridgehead atoms. The van der Waals surface area contributed by atoms with Crippen LogP contribution >= 0.6 is 0 Å². The second-order valence-electron chi connectivity index (χ2n) is 5.24. The normalized spacial score (nSPS) is 13.0. The van der Waals surface area contributed by atoms with Gasteiger partial charge in [-0.2, -0.15) is 0 Å². The zero-order valence-corrected chi connectivity index (χ0v) is 13.1. The second kappa shape index (κ2) is 7.04. The van der Waals surface area contributed by atoms with Gasteiger partial charge in [0.1, 0.15) is 6.54 Å². The summed E-state index contributed by atoms with van der Waals surface area (Å²) in [6, 6.07) is 6.65. The Hall–Kier alpha value is -2.70. The third-order valence-corrected chi connectivity index (χ3v) is 3.67. The highest BCUT2D eigenvalue weighted by Crippen LogP contribution is 2.22. The first-order valence-corrected chi connectivity index (χ1v) is 7.21. The smallest absolute Gasteiger partial charge is 0.325 e. The number of esters is 1. The Balaban J connectivity index is 1.86. The van der Waals surface area contributed by atoms with Gasteiger partial charge in [0.05, 0.1) is 18.2 Å². The predicted octanol–water partition coefficient (Wildman–Crippen LogP) is 0.694. The Bertz CT molecular complexity index is 621. The molecule has 0 aliphatic carbocycles. The molecule has 0 atom stereocenters. The van der Waals surface area contributed by atoms with E-state index < -0.39 is 5.97 Å². The van der Waals surface area contributed by atoms with Crippen molar-refractivity contribution in [1.82, 2.24) is 9.80 Å². The van der Waals surface area contributed by atoms with Gasteiger partial charge in [-0.15, -0.1) is 0 Å². The van der Waals surface area contributed by atoms with Crippen molar-refractivity contribution in [3.8, 4) is 0 Å². The SMILES string of the molecule is COC(=O)CN(C)C(=O)CCCN1C(=O)c2ccccc2C1=O. The molecule has 0 N–H and O–H groups in total. The first-order valence-electron chi connectivity index (χ1n) is 7.21. The van der Waals surface area contributed by atoms with Crippen molar-refractivity contribution in [2.75, 3.05) is 27.2 Å². The van der Waals surface area contributed by atoms with Gasteiger partial charge >= 0.3 is 5.97 Å². The molecule has 0 saturated heterocycles. The summed E-state index contributed by atoms with van der Waals surface area (Å²) >= 11 is 0. The summed E-state index contributed by atoms with van der Waals surface area (Å²) in [5.41, 5.74) is 0.790. The molecule has 1 aliphatic rings. The van der Waals surface area contributed by atoms with Crippen LogP contribution in [0, 0.1) is 0 Å². The van der Waals surface area contributed by atoms with Crippen molar-refractivity contribution in [3.05, 3.63) is 35.4 Å². The molecule has 0 aromatic heterocycles. The molecule has 0 radical (unpaired) electrons. The van der Waals surface area contributed by atoms with Crippen LogP contribution in [0.5, 0.6) is 0 Å². The minimum atomic E-state index is -0.499. The quantitative estimate of drug-likeness (QED) is 0.569. The second-order valence-corrected chi connectivity index (χ2v) is 5.24. The Morgan fingerprint density at radius 1 is 1.13 bits per heavy atom. The summed E-state index contributed by atoms with van der Waals surface area (Å²) < 4.78 is 4.49. The van der Waals surface area contributed by atoms with E-state index in [1.54, 1.807) is 24.3 Å². The molecular formula is C16H18N2O5. The summed E-state index contributed by atoms with van der Waals surface area (Å²) in [4.78, 5) is 49.7. The highest BCUT2D eigenvalue weighted by molar-refractivity contribution is 6.21. The number of fused-ring (bicyclic) bond motifs is 1. The van der Waals surface area contributed by atoms with E-state index in [1.165, 1.54) is 19.1 Å². The van der Waals surface area contributed by atoms with Gasteiger partial charge < -0.3 is 9.64 Å². The number of rotatable bonds is 6. The number of likely N-dealkylation sites (N-methyl/N-ethyl adjacent to an activating group) is 1. The Morgan fingerprint density at radius 2 is 1.70 bits per heavy atom. The Morgan fingerprint density at radius 3 is 2.22 bits per heavy atom. The lowest BCUT2D eigenvalue weighted by atomic mass is 10.1. The topological polar surface area (TPSA) is 84.0 Å². The van der Waals surface area contributed by atoms with E-state index in [4.69, 9.17) is 0 Å². The lowest BCUT2D eigenvalue weighted by molar-refractivity contribution is -0.146. The maximum atomic E-state index is 12.1. The van der Waals surface area contributed by atoms with Crippen LogP contribution < -0.4 is 0 Å². The van der Waals surface area contributed by atoms with Crippen LogP contribution in [0.3, 0.4) is 0 Å².